The van der Waals surface area contributed by atoms with Crippen molar-refractivity contribution in [3.63, 3.8) is 0 Å². The molecule has 4 aromatic rings. The van der Waals surface area contributed by atoms with E-state index < -0.39 is 28.1 Å². The van der Waals surface area contributed by atoms with E-state index in [1.165, 1.54) is 28.1 Å². The van der Waals surface area contributed by atoms with E-state index >= 15 is 0 Å². The summed E-state index contributed by atoms with van der Waals surface area (Å²) in [6.45, 7) is 3.72. The number of hydrogen-bond donors (Lipinski definition) is 3. The smallest absolute Gasteiger partial charge is 0.321 e. The fraction of sp³-hybridized carbons (Fsp3) is 0.323. The van der Waals surface area contributed by atoms with Crippen LogP contribution in [0.15, 0.2) is 78.2 Å². The Morgan fingerprint density at radius 2 is 1.84 bits per heavy atom. The summed E-state index contributed by atoms with van der Waals surface area (Å²) < 4.78 is 36.9. The Morgan fingerprint density at radius 3 is 2.57 bits per heavy atom. The van der Waals surface area contributed by atoms with Gasteiger partial charge in [0, 0.05) is 38.1 Å². The van der Waals surface area contributed by atoms with E-state index in [9.17, 15) is 23.1 Å². The maximum atomic E-state index is 13.7. The van der Waals surface area contributed by atoms with Gasteiger partial charge in [-0.15, -0.1) is 0 Å². The molecule has 44 heavy (non-hydrogen) atoms. The number of urea groups is 1. The Kier molecular flexibility index (Phi) is 8.79. The standard InChI is InChI=1S/C31H36N6O6S/c1-20-15-37(21(2)18-38)30(39)24-12-8-14-26(34-44(41,42)28-17-35(3)19-32-28)29(24)43-27(20)16-36(4)31(40)33-25-13-7-10-22-9-5-6-11-23(22)25/h5-14,17,19-21,27,34,38H,15-16,18H2,1-4H3,(H,33,40)/t20-,21+,27-/m1/s1. The van der Waals surface area contributed by atoms with E-state index in [-0.39, 0.29) is 53.7 Å². The number of hydrogen-bond acceptors (Lipinski definition) is 7. The fourth-order valence-electron chi connectivity index (χ4n) is 5.16. The third-order valence-corrected chi connectivity index (χ3v) is 8.97. The molecule has 3 aromatic carbocycles. The van der Waals surface area contributed by atoms with Crippen LogP contribution in [0, 0.1) is 5.92 Å². The summed E-state index contributed by atoms with van der Waals surface area (Å²) in [6.07, 6.45) is 2.08. The Bertz CT molecular complexity index is 1790. The lowest BCUT2D eigenvalue weighted by atomic mass is 9.99. The average Bonchev–Trinajstić information content (AvgIpc) is 3.46. The zero-order valence-corrected chi connectivity index (χ0v) is 25.8. The van der Waals surface area contributed by atoms with Gasteiger partial charge in [-0.1, -0.05) is 49.4 Å². The number of aromatic nitrogens is 2. The molecule has 13 heteroatoms. The minimum absolute atomic E-state index is 0.0338. The number of carbonyl (C=O) groups is 2. The predicted molar refractivity (Wildman–Crippen MR) is 167 cm³/mol. The predicted octanol–water partition coefficient (Wildman–Crippen LogP) is 3.76. The first-order chi connectivity index (χ1) is 21.0. The molecule has 12 nitrogen and oxygen atoms in total. The van der Waals surface area contributed by atoms with Gasteiger partial charge in [0.2, 0.25) is 0 Å². The highest BCUT2D eigenvalue weighted by Gasteiger charge is 2.35. The van der Waals surface area contributed by atoms with E-state index in [2.05, 4.69) is 15.0 Å². The van der Waals surface area contributed by atoms with Gasteiger partial charge in [0.15, 0.2) is 10.8 Å². The number of sulfonamides is 1. The molecule has 1 aromatic heterocycles. The molecule has 232 valence electrons. The molecule has 3 N–H and O–H groups in total. The molecule has 0 bridgehead atoms. The third kappa shape index (κ3) is 6.33. The molecule has 0 saturated carbocycles. The SMILES string of the molecule is C[C@@H]1CN([C@@H](C)CO)C(=O)c2cccc(NS(=O)(=O)c3cn(C)cn3)c2O[C@@H]1CN(C)C(=O)Nc1cccc2ccccc12. The van der Waals surface area contributed by atoms with Crippen LogP contribution in [0.5, 0.6) is 5.75 Å². The zero-order valence-electron chi connectivity index (χ0n) is 25.0. The van der Waals surface area contributed by atoms with E-state index in [1.807, 2.05) is 49.4 Å². The molecule has 3 amide bonds. The average molecular weight is 621 g/mol. The number of aliphatic hydroxyl groups excluding tert-OH is 1. The molecular formula is C31H36N6O6S. The number of carbonyl (C=O) groups excluding carboxylic acids is 2. The molecule has 5 rings (SSSR count). The van der Waals surface area contributed by atoms with Gasteiger partial charge >= 0.3 is 6.03 Å². The van der Waals surface area contributed by atoms with Crippen LogP contribution < -0.4 is 14.8 Å². The van der Waals surface area contributed by atoms with Crippen LogP contribution in [-0.2, 0) is 17.1 Å². The quantitative estimate of drug-likeness (QED) is 0.272. The minimum Gasteiger partial charge on any atom is -0.485 e. The first kappa shape index (κ1) is 30.8. The van der Waals surface area contributed by atoms with Crippen LogP contribution in [0.4, 0.5) is 16.2 Å². The van der Waals surface area contributed by atoms with Crippen LogP contribution >= 0.6 is 0 Å². The van der Waals surface area contributed by atoms with Crippen LogP contribution in [0.3, 0.4) is 0 Å². The first-order valence-electron chi connectivity index (χ1n) is 14.2. The third-order valence-electron chi connectivity index (χ3n) is 7.72. The summed E-state index contributed by atoms with van der Waals surface area (Å²) in [6, 6.07) is 17.2. The Morgan fingerprint density at radius 1 is 1.14 bits per heavy atom. The van der Waals surface area contributed by atoms with Crippen molar-refractivity contribution in [2.75, 3.05) is 36.8 Å². The van der Waals surface area contributed by atoms with Crippen molar-refractivity contribution in [2.24, 2.45) is 13.0 Å². The molecule has 0 radical (unpaired) electrons. The van der Waals surface area contributed by atoms with Crippen molar-refractivity contribution in [1.29, 1.82) is 0 Å². The highest BCUT2D eigenvalue weighted by Crippen LogP contribution is 2.36. The van der Waals surface area contributed by atoms with Gasteiger partial charge in [-0.05, 0) is 30.5 Å². The van der Waals surface area contributed by atoms with Crippen molar-refractivity contribution in [3.05, 3.63) is 78.8 Å². The van der Waals surface area contributed by atoms with Gasteiger partial charge < -0.3 is 29.5 Å². The number of aliphatic hydroxyl groups is 1. The van der Waals surface area contributed by atoms with Crippen molar-refractivity contribution in [1.82, 2.24) is 19.4 Å². The lowest BCUT2D eigenvalue weighted by molar-refractivity contribution is 0.0373. The van der Waals surface area contributed by atoms with Crippen molar-refractivity contribution < 1.29 is 27.9 Å². The van der Waals surface area contributed by atoms with Gasteiger partial charge in [-0.25, -0.2) is 9.78 Å². The summed E-state index contributed by atoms with van der Waals surface area (Å²) in [5, 5.41) is 14.6. The molecule has 0 saturated heterocycles. The highest BCUT2D eigenvalue weighted by molar-refractivity contribution is 7.92. The largest absolute Gasteiger partial charge is 0.485 e. The lowest BCUT2D eigenvalue weighted by Gasteiger charge is -2.38. The number of aryl methyl sites for hydroxylation is 1. The summed E-state index contributed by atoms with van der Waals surface area (Å²) in [5.74, 6) is -0.686. The maximum absolute atomic E-state index is 13.7. The zero-order chi connectivity index (χ0) is 31.6. The monoisotopic (exact) mass is 620 g/mol. The minimum atomic E-state index is -4.12. The first-order valence-corrected chi connectivity index (χ1v) is 15.7. The van der Waals surface area contributed by atoms with Crippen LogP contribution in [0.2, 0.25) is 0 Å². The normalized spacial score (nSPS) is 17.7. The van der Waals surface area contributed by atoms with Gasteiger partial charge in [0.1, 0.15) is 6.10 Å². The molecule has 0 spiro atoms. The number of para-hydroxylation sites is 1. The number of anilines is 2. The van der Waals surface area contributed by atoms with E-state index in [1.54, 1.807) is 38.1 Å². The van der Waals surface area contributed by atoms with Gasteiger partial charge in [0.25, 0.3) is 15.9 Å². The molecule has 0 fully saturated rings. The molecule has 3 atom stereocenters. The second-order valence-electron chi connectivity index (χ2n) is 11.1. The topological polar surface area (TPSA) is 146 Å². The van der Waals surface area contributed by atoms with Gasteiger partial charge in [-0.2, -0.15) is 8.42 Å². The van der Waals surface area contributed by atoms with Crippen LogP contribution in [-0.4, -0.2) is 83.7 Å². The maximum Gasteiger partial charge on any atom is 0.321 e. The number of nitrogens with zero attached hydrogens (tertiary/aromatic N) is 4. The number of nitrogens with one attached hydrogen (secondary N) is 2. The molecule has 0 unspecified atom stereocenters. The molecule has 1 aliphatic heterocycles. The van der Waals surface area contributed by atoms with E-state index in [0.29, 0.717) is 5.69 Å². The molecule has 1 aliphatic rings. The number of imidazole rings is 1. The molecule has 0 aliphatic carbocycles. The second-order valence-corrected chi connectivity index (χ2v) is 12.8. The number of ether oxygens (including phenoxy) is 1. The summed E-state index contributed by atoms with van der Waals surface area (Å²) in [4.78, 5) is 34.1. The Labute approximate surface area is 256 Å². The van der Waals surface area contributed by atoms with Crippen LogP contribution in [0.1, 0.15) is 24.2 Å². The summed E-state index contributed by atoms with van der Waals surface area (Å²) in [7, 11) is -0.822. The molecular weight excluding hydrogens is 584 g/mol. The number of rotatable bonds is 8. The van der Waals surface area contributed by atoms with Crippen LogP contribution in [0.25, 0.3) is 10.8 Å². The van der Waals surface area contributed by atoms with E-state index in [4.69, 9.17) is 4.74 Å². The summed E-state index contributed by atoms with van der Waals surface area (Å²) >= 11 is 0. The lowest BCUT2D eigenvalue weighted by Crippen LogP contribution is -2.50. The number of fused-ring (bicyclic) bond motifs is 2. The Balaban J connectivity index is 1.46. The van der Waals surface area contributed by atoms with Crippen molar-refractivity contribution in [3.8, 4) is 5.75 Å². The van der Waals surface area contributed by atoms with Crippen molar-refractivity contribution in [2.45, 2.75) is 31.0 Å². The number of benzene rings is 3. The van der Waals surface area contributed by atoms with Gasteiger partial charge in [-0.3, -0.25) is 9.52 Å². The van der Waals surface area contributed by atoms with E-state index in [0.717, 1.165) is 10.8 Å². The number of amides is 3. The van der Waals surface area contributed by atoms with Crippen molar-refractivity contribution >= 4 is 44.1 Å². The second kappa shape index (κ2) is 12.5. The highest BCUT2D eigenvalue weighted by atomic mass is 32.2. The fourth-order valence-corrected chi connectivity index (χ4v) is 6.21. The summed E-state index contributed by atoms with van der Waals surface area (Å²) in [5.41, 5.74) is 0.850. The number of likely N-dealkylation sites (N-methyl/N-ethyl adjacent to an activating group) is 1. The Hall–Kier alpha value is -4.62. The van der Waals surface area contributed by atoms with Gasteiger partial charge in [0.05, 0.1) is 42.5 Å². The molecule has 2 heterocycles.